The summed E-state index contributed by atoms with van der Waals surface area (Å²) in [4.78, 5) is 15.7. The molecule has 21 heavy (non-hydrogen) atoms. The van der Waals surface area contributed by atoms with E-state index in [1.165, 1.54) is 30.6 Å². The average Bonchev–Trinajstić information content (AvgIpc) is 2.47. The predicted octanol–water partition coefficient (Wildman–Crippen LogP) is 3.59. The minimum atomic E-state index is -4.40. The van der Waals surface area contributed by atoms with Gasteiger partial charge in [-0.2, -0.15) is 13.2 Å². The zero-order valence-corrected chi connectivity index (χ0v) is 11.2. The Balaban J connectivity index is 2.14. The van der Waals surface area contributed by atoms with Crippen LogP contribution in [0.5, 0.6) is 0 Å². The highest BCUT2D eigenvalue weighted by Crippen LogP contribution is 2.30. The Morgan fingerprint density at radius 1 is 1.19 bits per heavy atom. The number of carbonyl (C=O) groups excluding carboxylic acids is 1. The molecule has 0 aliphatic carbocycles. The quantitative estimate of drug-likeness (QED) is 0.940. The molecule has 0 fully saturated rings. The van der Waals surface area contributed by atoms with Crippen LogP contribution >= 0.6 is 0 Å². The van der Waals surface area contributed by atoms with Crippen LogP contribution in [-0.4, -0.2) is 10.9 Å². The minimum Gasteiger partial charge on any atom is -0.346 e. The summed E-state index contributed by atoms with van der Waals surface area (Å²) in [5, 5.41) is 2.66. The summed E-state index contributed by atoms with van der Waals surface area (Å²) < 4.78 is 38.0. The highest BCUT2D eigenvalue weighted by atomic mass is 19.4. The van der Waals surface area contributed by atoms with E-state index in [9.17, 15) is 18.0 Å². The molecule has 6 heteroatoms. The van der Waals surface area contributed by atoms with Gasteiger partial charge in [0.25, 0.3) is 5.91 Å². The fourth-order valence-corrected chi connectivity index (χ4v) is 1.85. The van der Waals surface area contributed by atoms with Crippen LogP contribution in [0.25, 0.3) is 0 Å². The van der Waals surface area contributed by atoms with Gasteiger partial charge >= 0.3 is 6.18 Å². The molecule has 1 heterocycles. The molecule has 2 rings (SSSR count). The molecule has 2 aromatic rings. The van der Waals surface area contributed by atoms with E-state index >= 15 is 0 Å². The van der Waals surface area contributed by atoms with Crippen molar-refractivity contribution in [2.24, 2.45) is 0 Å². The van der Waals surface area contributed by atoms with Gasteiger partial charge in [-0.05, 0) is 36.8 Å². The molecule has 3 nitrogen and oxygen atoms in total. The number of pyridine rings is 1. The van der Waals surface area contributed by atoms with E-state index < -0.39 is 17.8 Å². The molecule has 0 spiro atoms. The van der Waals surface area contributed by atoms with Crippen molar-refractivity contribution in [3.05, 3.63) is 65.5 Å². The molecule has 0 aliphatic rings. The lowest BCUT2D eigenvalue weighted by atomic mass is 10.0. The Morgan fingerprint density at radius 3 is 2.48 bits per heavy atom. The summed E-state index contributed by atoms with van der Waals surface area (Å²) in [6.45, 7) is 1.63. The van der Waals surface area contributed by atoms with E-state index in [4.69, 9.17) is 0 Å². The molecule has 0 saturated heterocycles. The van der Waals surface area contributed by atoms with Crippen LogP contribution in [0.1, 0.15) is 34.5 Å². The topological polar surface area (TPSA) is 42.0 Å². The summed E-state index contributed by atoms with van der Waals surface area (Å²) in [5.41, 5.74) is 0.0704. The van der Waals surface area contributed by atoms with Crippen molar-refractivity contribution in [1.82, 2.24) is 10.3 Å². The summed E-state index contributed by atoms with van der Waals surface area (Å²) in [5.74, 6) is -0.359. The molecule has 0 radical (unpaired) electrons. The van der Waals surface area contributed by atoms with E-state index in [1.807, 2.05) is 0 Å². The number of carbonyl (C=O) groups is 1. The molecular weight excluding hydrogens is 281 g/mol. The van der Waals surface area contributed by atoms with Crippen LogP contribution in [0.15, 0.2) is 48.8 Å². The Morgan fingerprint density at radius 2 is 1.86 bits per heavy atom. The number of aromatic nitrogens is 1. The van der Waals surface area contributed by atoms with E-state index in [-0.39, 0.29) is 5.91 Å². The first-order valence-electron chi connectivity index (χ1n) is 6.26. The maximum Gasteiger partial charge on any atom is 0.416 e. The summed E-state index contributed by atoms with van der Waals surface area (Å²) >= 11 is 0. The van der Waals surface area contributed by atoms with Gasteiger partial charge < -0.3 is 5.32 Å². The van der Waals surface area contributed by atoms with Crippen LogP contribution < -0.4 is 5.32 Å². The van der Waals surface area contributed by atoms with E-state index in [1.54, 1.807) is 13.0 Å². The first-order valence-corrected chi connectivity index (χ1v) is 6.26. The maximum absolute atomic E-state index is 12.7. The molecule has 1 amide bonds. The van der Waals surface area contributed by atoms with Crippen molar-refractivity contribution < 1.29 is 18.0 Å². The summed E-state index contributed by atoms with van der Waals surface area (Å²) in [7, 11) is 0. The number of hydrogen-bond acceptors (Lipinski definition) is 2. The van der Waals surface area contributed by atoms with Crippen LogP contribution in [-0.2, 0) is 6.18 Å². The van der Waals surface area contributed by atoms with Gasteiger partial charge in [0.1, 0.15) is 0 Å². The van der Waals surface area contributed by atoms with E-state index in [0.29, 0.717) is 11.1 Å². The lowest BCUT2D eigenvalue weighted by Crippen LogP contribution is -2.26. The minimum absolute atomic E-state index is 0.359. The number of nitrogens with zero attached hydrogens (tertiary/aromatic N) is 1. The second-order valence-electron chi connectivity index (χ2n) is 4.55. The van der Waals surface area contributed by atoms with Gasteiger partial charge in [0.2, 0.25) is 0 Å². The standard InChI is InChI=1S/C15H13F3N2O/c1-10(20-14(21)11-5-7-19-8-6-11)12-3-2-4-13(9-12)15(16,17)18/h2-10H,1H3,(H,20,21)/t10-/m1/s1. The molecule has 110 valence electrons. The van der Waals surface area contributed by atoms with Crippen molar-refractivity contribution in [2.45, 2.75) is 19.1 Å². The predicted molar refractivity (Wildman–Crippen MR) is 71.6 cm³/mol. The van der Waals surface area contributed by atoms with Gasteiger partial charge in [0, 0.05) is 18.0 Å². The van der Waals surface area contributed by atoms with E-state index in [2.05, 4.69) is 10.3 Å². The van der Waals surface area contributed by atoms with Gasteiger partial charge in [-0.3, -0.25) is 9.78 Å². The monoisotopic (exact) mass is 294 g/mol. The third kappa shape index (κ3) is 3.81. The van der Waals surface area contributed by atoms with Crippen molar-refractivity contribution >= 4 is 5.91 Å². The van der Waals surface area contributed by atoms with Crippen molar-refractivity contribution in [3.63, 3.8) is 0 Å². The molecule has 1 aromatic carbocycles. The third-order valence-electron chi connectivity index (χ3n) is 3.00. The van der Waals surface area contributed by atoms with Gasteiger partial charge in [0.15, 0.2) is 0 Å². The first-order chi connectivity index (χ1) is 9.88. The molecule has 0 unspecified atom stereocenters. The highest BCUT2D eigenvalue weighted by Gasteiger charge is 2.30. The number of alkyl halides is 3. The van der Waals surface area contributed by atoms with Gasteiger partial charge in [-0.25, -0.2) is 0 Å². The van der Waals surface area contributed by atoms with Gasteiger partial charge in [0.05, 0.1) is 11.6 Å². The Bertz CT molecular complexity index is 626. The van der Waals surface area contributed by atoms with Crippen LogP contribution in [0.4, 0.5) is 13.2 Å². The maximum atomic E-state index is 12.7. The molecule has 1 atom stereocenters. The zero-order chi connectivity index (χ0) is 15.5. The highest BCUT2D eigenvalue weighted by molar-refractivity contribution is 5.94. The normalized spacial score (nSPS) is 12.8. The Labute approximate surface area is 119 Å². The van der Waals surface area contributed by atoms with Crippen LogP contribution in [0, 0.1) is 0 Å². The number of rotatable bonds is 3. The number of hydrogen-bond donors (Lipinski definition) is 1. The largest absolute Gasteiger partial charge is 0.416 e. The van der Waals surface area contributed by atoms with Gasteiger partial charge in [-0.15, -0.1) is 0 Å². The van der Waals surface area contributed by atoms with E-state index in [0.717, 1.165) is 12.1 Å². The molecule has 1 N–H and O–H groups in total. The fraction of sp³-hybridized carbons (Fsp3) is 0.200. The molecule has 1 aromatic heterocycles. The van der Waals surface area contributed by atoms with Crippen LogP contribution in [0.3, 0.4) is 0 Å². The lowest BCUT2D eigenvalue weighted by Gasteiger charge is -2.16. The number of amides is 1. The second-order valence-corrected chi connectivity index (χ2v) is 4.55. The SMILES string of the molecule is C[C@@H](NC(=O)c1ccncc1)c1cccc(C(F)(F)F)c1. The molecule has 0 saturated carbocycles. The Kier molecular flexibility index (Phi) is 4.26. The summed E-state index contributed by atoms with van der Waals surface area (Å²) in [6.07, 6.45) is -1.45. The average molecular weight is 294 g/mol. The smallest absolute Gasteiger partial charge is 0.346 e. The first kappa shape index (κ1) is 15.0. The summed E-state index contributed by atoms with van der Waals surface area (Å²) in [6, 6.07) is 7.45. The number of halogens is 3. The lowest BCUT2D eigenvalue weighted by molar-refractivity contribution is -0.137. The Hall–Kier alpha value is -2.37. The van der Waals surface area contributed by atoms with Crippen molar-refractivity contribution in [1.29, 1.82) is 0 Å². The number of benzene rings is 1. The van der Waals surface area contributed by atoms with Gasteiger partial charge in [-0.1, -0.05) is 12.1 Å². The molecule has 0 aliphatic heterocycles. The zero-order valence-electron chi connectivity index (χ0n) is 11.2. The fourth-order valence-electron chi connectivity index (χ4n) is 1.85. The second kappa shape index (κ2) is 5.95. The van der Waals surface area contributed by atoms with Crippen LogP contribution in [0.2, 0.25) is 0 Å². The number of nitrogens with one attached hydrogen (secondary N) is 1. The third-order valence-corrected chi connectivity index (χ3v) is 3.00. The van der Waals surface area contributed by atoms with Crippen molar-refractivity contribution in [3.8, 4) is 0 Å². The molecule has 0 bridgehead atoms. The molecular formula is C15H13F3N2O. The van der Waals surface area contributed by atoms with Crippen molar-refractivity contribution in [2.75, 3.05) is 0 Å².